The summed E-state index contributed by atoms with van der Waals surface area (Å²) in [6.07, 6.45) is 5.05. The molecule has 0 aromatic carbocycles. The van der Waals surface area contributed by atoms with Crippen LogP contribution in [0.15, 0.2) is 0 Å². The van der Waals surface area contributed by atoms with E-state index in [-0.39, 0.29) is 6.04 Å². The zero-order chi connectivity index (χ0) is 12.7. The van der Waals surface area contributed by atoms with E-state index in [1.165, 1.54) is 4.31 Å². The molecule has 0 atom stereocenters. The zero-order valence-electron chi connectivity index (χ0n) is 10.9. The lowest BCUT2D eigenvalue weighted by Crippen LogP contribution is -2.46. The van der Waals surface area contributed by atoms with Crippen LogP contribution >= 0.6 is 0 Å². The number of nitrogens with zero attached hydrogens (tertiary/aromatic N) is 1. The predicted molar refractivity (Wildman–Crippen MR) is 70.1 cm³/mol. The molecule has 0 aliphatic heterocycles. The number of nitrogens with one attached hydrogen (secondary N) is 2. The Balaban J connectivity index is 2.18. The van der Waals surface area contributed by atoms with E-state index in [9.17, 15) is 8.42 Å². The molecule has 1 rings (SSSR count). The second-order valence-corrected chi connectivity index (χ2v) is 6.48. The van der Waals surface area contributed by atoms with Crippen molar-refractivity contribution in [2.45, 2.75) is 45.1 Å². The Kier molecular flexibility index (Phi) is 6.40. The van der Waals surface area contributed by atoms with Crippen molar-refractivity contribution >= 4 is 10.2 Å². The summed E-state index contributed by atoms with van der Waals surface area (Å²) < 4.78 is 27.8. The molecule has 0 aromatic rings. The van der Waals surface area contributed by atoms with E-state index in [1.807, 2.05) is 0 Å². The second-order valence-electron chi connectivity index (χ2n) is 4.68. The van der Waals surface area contributed by atoms with E-state index in [1.54, 1.807) is 7.05 Å². The average Bonchev–Trinajstić information content (AvgIpc) is 2.23. The van der Waals surface area contributed by atoms with Gasteiger partial charge in [0.05, 0.1) is 0 Å². The van der Waals surface area contributed by atoms with Crippen LogP contribution in [0.1, 0.15) is 39.0 Å². The van der Waals surface area contributed by atoms with Gasteiger partial charge in [-0.1, -0.05) is 13.3 Å². The van der Waals surface area contributed by atoms with E-state index in [0.29, 0.717) is 6.54 Å². The topological polar surface area (TPSA) is 61.4 Å². The molecule has 0 saturated heterocycles. The minimum absolute atomic E-state index is 0.167. The highest BCUT2D eigenvalue weighted by molar-refractivity contribution is 7.87. The summed E-state index contributed by atoms with van der Waals surface area (Å²) in [5.74, 6) is 0. The third kappa shape index (κ3) is 5.33. The van der Waals surface area contributed by atoms with E-state index in [2.05, 4.69) is 17.0 Å². The molecule has 6 heteroatoms. The highest BCUT2D eigenvalue weighted by Gasteiger charge is 2.25. The third-order valence-corrected chi connectivity index (χ3v) is 4.72. The molecule has 1 aliphatic rings. The Bertz CT molecular complexity index is 302. The van der Waals surface area contributed by atoms with Gasteiger partial charge in [0.25, 0.3) is 10.2 Å². The summed E-state index contributed by atoms with van der Waals surface area (Å²) >= 11 is 0. The highest BCUT2D eigenvalue weighted by atomic mass is 32.2. The van der Waals surface area contributed by atoms with Gasteiger partial charge in [-0.05, 0) is 38.8 Å². The van der Waals surface area contributed by atoms with Gasteiger partial charge < -0.3 is 5.32 Å². The van der Waals surface area contributed by atoms with Crippen molar-refractivity contribution in [2.75, 3.05) is 26.7 Å². The molecule has 0 spiro atoms. The standard InChI is InChI=1S/C11H25N3O2S/c1-3-8-12-9-5-10-14(2)17(15,16)13-11-6-4-7-11/h11-13H,3-10H2,1-2H3. The minimum atomic E-state index is -3.26. The van der Waals surface area contributed by atoms with Gasteiger partial charge >= 0.3 is 0 Å². The van der Waals surface area contributed by atoms with Crippen LogP contribution < -0.4 is 10.0 Å². The van der Waals surface area contributed by atoms with Crippen molar-refractivity contribution in [1.29, 1.82) is 0 Å². The molecular formula is C11H25N3O2S. The van der Waals surface area contributed by atoms with Gasteiger partial charge in [0.1, 0.15) is 0 Å². The summed E-state index contributed by atoms with van der Waals surface area (Å²) in [6.45, 7) is 4.55. The van der Waals surface area contributed by atoms with Gasteiger partial charge in [-0.3, -0.25) is 0 Å². The lowest BCUT2D eigenvalue weighted by Gasteiger charge is -2.28. The van der Waals surface area contributed by atoms with E-state index in [4.69, 9.17) is 0 Å². The largest absolute Gasteiger partial charge is 0.317 e. The van der Waals surface area contributed by atoms with E-state index in [0.717, 1.165) is 45.2 Å². The predicted octanol–water partition coefficient (Wildman–Crippen LogP) is 0.695. The minimum Gasteiger partial charge on any atom is -0.317 e. The van der Waals surface area contributed by atoms with Gasteiger partial charge in [0.2, 0.25) is 0 Å². The maximum absolute atomic E-state index is 11.8. The maximum atomic E-state index is 11.8. The maximum Gasteiger partial charge on any atom is 0.279 e. The fourth-order valence-corrected chi connectivity index (χ4v) is 2.88. The second kappa shape index (κ2) is 7.31. The summed E-state index contributed by atoms with van der Waals surface area (Å²) in [6, 6.07) is 0.167. The van der Waals surface area contributed by atoms with Crippen molar-refractivity contribution in [3.05, 3.63) is 0 Å². The Morgan fingerprint density at radius 2 is 2.00 bits per heavy atom. The quantitative estimate of drug-likeness (QED) is 0.602. The number of hydrogen-bond acceptors (Lipinski definition) is 3. The van der Waals surface area contributed by atoms with Crippen LogP contribution in [0.4, 0.5) is 0 Å². The monoisotopic (exact) mass is 263 g/mol. The molecule has 0 heterocycles. The molecule has 102 valence electrons. The van der Waals surface area contributed by atoms with Crippen molar-refractivity contribution in [1.82, 2.24) is 14.3 Å². The fraction of sp³-hybridized carbons (Fsp3) is 1.00. The van der Waals surface area contributed by atoms with Crippen molar-refractivity contribution in [2.24, 2.45) is 0 Å². The van der Waals surface area contributed by atoms with Crippen LogP contribution in [0.25, 0.3) is 0 Å². The summed E-state index contributed by atoms with van der Waals surface area (Å²) in [5.41, 5.74) is 0. The SMILES string of the molecule is CCCNCCCN(C)S(=O)(=O)NC1CCC1. The zero-order valence-corrected chi connectivity index (χ0v) is 11.7. The number of hydrogen-bond donors (Lipinski definition) is 2. The Morgan fingerprint density at radius 1 is 1.29 bits per heavy atom. The van der Waals surface area contributed by atoms with Crippen molar-refractivity contribution in [3.8, 4) is 0 Å². The van der Waals surface area contributed by atoms with Gasteiger partial charge in [0, 0.05) is 19.6 Å². The molecule has 1 saturated carbocycles. The molecule has 0 amide bonds. The first-order valence-corrected chi connectivity index (χ1v) is 7.94. The van der Waals surface area contributed by atoms with Crippen LogP contribution in [-0.4, -0.2) is 45.4 Å². The van der Waals surface area contributed by atoms with E-state index >= 15 is 0 Å². The van der Waals surface area contributed by atoms with Gasteiger partial charge in [-0.15, -0.1) is 0 Å². The molecular weight excluding hydrogens is 238 g/mol. The molecule has 5 nitrogen and oxygen atoms in total. The van der Waals surface area contributed by atoms with Crippen molar-refractivity contribution in [3.63, 3.8) is 0 Å². The molecule has 1 aliphatic carbocycles. The summed E-state index contributed by atoms with van der Waals surface area (Å²) in [4.78, 5) is 0. The van der Waals surface area contributed by atoms with Gasteiger partial charge in [0.15, 0.2) is 0 Å². The van der Waals surface area contributed by atoms with Crippen LogP contribution in [0.2, 0.25) is 0 Å². The normalized spacial score (nSPS) is 17.4. The molecule has 0 aromatic heterocycles. The third-order valence-electron chi connectivity index (χ3n) is 3.08. The van der Waals surface area contributed by atoms with Crippen LogP contribution in [0.5, 0.6) is 0 Å². The van der Waals surface area contributed by atoms with Gasteiger partial charge in [-0.2, -0.15) is 17.4 Å². The Morgan fingerprint density at radius 3 is 2.53 bits per heavy atom. The first-order valence-electron chi connectivity index (χ1n) is 6.50. The summed E-state index contributed by atoms with van der Waals surface area (Å²) in [7, 11) is -1.62. The van der Waals surface area contributed by atoms with Crippen molar-refractivity contribution < 1.29 is 8.42 Å². The molecule has 0 radical (unpaired) electrons. The lowest BCUT2D eigenvalue weighted by atomic mass is 9.94. The average molecular weight is 263 g/mol. The molecule has 2 N–H and O–H groups in total. The molecule has 0 unspecified atom stereocenters. The lowest BCUT2D eigenvalue weighted by molar-refractivity contribution is 0.364. The molecule has 0 bridgehead atoms. The van der Waals surface area contributed by atoms with E-state index < -0.39 is 10.2 Å². The molecule has 17 heavy (non-hydrogen) atoms. The van der Waals surface area contributed by atoms with Gasteiger partial charge in [-0.25, -0.2) is 0 Å². The van der Waals surface area contributed by atoms with Crippen LogP contribution in [-0.2, 0) is 10.2 Å². The fourth-order valence-electron chi connectivity index (χ4n) is 1.68. The number of rotatable bonds is 9. The smallest absolute Gasteiger partial charge is 0.279 e. The first-order chi connectivity index (χ1) is 8.06. The Labute approximate surface area is 105 Å². The Hall–Kier alpha value is -0.170. The highest BCUT2D eigenvalue weighted by Crippen LogP contribution is 2.19. The summed E-state index contributed by atoms with van der Waals surface area (Å²) in [5, 5.41) is 3.26. The first kappa shape index (κ1) is 14.9. The van der Waals surface area contributed by atoms with Crippen LogP contribution in [0.3, 0.4) is 0 Å². The molecule has 1 fully saturated rings. The van der Waals surface area contributed by atoms with Crippen LogP contribution in [0, 0.1) is 0 Å².